The van der Waals surface area contributed by atoms with E-state index in [0.717, 1.165) is 35.1 Å². The number of imide groups is 1. The number of phenolic OH excluding ortho intramolecular Hbond substituents is 1. The average Bonchev–Trinajstić information content (AvgIpc) is 3.40. The highest BCUT2D eigenvalue weighted by Gasteiger charge is 2.57. The Bertz CT molecular complexity index is 1560. The minimum Gasteiger partial charge on any atom is -0.504 e. The molecule has 6 rings (SSSR count). The molecule has 1 aromatic heterocycles. The molecule has 0 radical (unpaired) electrons. The van der Waals surface area contributed by atoms with Crippen molar-refractivity contribution >= 4 is 62.4 Å². The highest BCUT2D eigenvalue weighted by atomic mass is 79.9. The summed E-state index contributed by atoms with van der Waals surface area (Å²) in [6, 6.07) is 11.8. The van der Waals surface area contributed by atoms with Crippen LogP contribution in [0.25, 0.3) is 0 Å². The monoisotopic (exact) mass is 643 g/mol. The summed E-state index contributed by atoms with van der Waals surface area (Å²) in [7, 11) is 1.43. The fourth-order valence-electron chi connectivity index (χ4n) is 5.73. The van der Waals surface area contributed by atoms with E-state index in [9.17, 15) is 24.3 Å². The number of ether oxygens (including phenoxy) is 1. The topological polar surface area (TPSA) is 109 Å². The summed E-state index contributed by atoms with van der Waals surface area (Å²) in [6.07, 6.45) is 2.96. The summed E-state index contributed by atoms with van der Waals surface area (Å²) in [5.41, 5.74) is 1.11. The molecule has 3 aliphatic rings. The number of nitrogens with zero attached hydrogens (tertiary/aromatic N) is 3. The van der Waals surface area contributed by atoms with Gasteiger partial charge in [-0.1, -0.05) is 45.1 Å². The minimum atomic E-state index is -0.793. The normalized spacial score (nSPS) is 22.3. The number of fused-ring (bicyclic) bond motifs is 2. The second kappa shape index (κ2) is 10.7. The lowest BCUT2D eigenvalue weighted by Crippen LogP contribution is -2.39. The number of piperidine rings is 1. The van der Waals surface area contributed by atoms with Crippen LogP contribution in [0.2, 0.25) is 0 Å². The number of aromatic hydroxyl groups is 1. The van der Waals surface area contributed by atoms with Crippen LogP contribution < -0.4 is 14.5 Å². The molecular weight excluding hydrogens is 618 g/mol. The second-order valence-electron chi connectivity index (χ2n) is 10.0. The van der Waals surface area contributed by atoms with Gasteiger partial charge in [-0.15, -0.1) is 0 Å². The van der Waals surface area contributed by atoms with Crippen LogP contribution in [0.5, 0.6) is 11.5 Å². The van der Waals surface area contributed by atoms with Gasteiger partial charge in [-0.2, -0.15) is 0 Å². The van der Waals surface area contributed by atoms with Gasteiger partial charge in [-0.25, -0.2) is 4.90 Å². The lowest BCUT2D eigenvalue weighted by atomic mass is 9.83. The first-order valence-electron chi connectivity index (χ1n) is 13.0. The van der Waals surface area contributed by atoms with Crippen molar-refractivity contribution in [3.8, 4) is 11.5 Å². The molecule has 2 saturated heterocycles. The summed E-state index contributed by atoms with van der Waals surface area (Å²) >= 11 is 5.59. The molecular formula is C28H26BrN3O6S2. The molecule has 0 spiro atoms. The van der Waals surface area contributed by atoms with E-state index in [2.05, 4.69) is 15.9 Å². The number of hydrogen-bond acceptors (Lipinski definition) is 8. The van der Waals surface area contributed by atoms with Crippen LogP contribution in [0, 0.1) is 5.92 Å². The van der Waals surface area contributed by atoms with Crippen molar-refractivity contribution < 1.29 is 24.2 Å². The summed E-state index contributed by atoms with van der Waals surface area (Å²) < 4.78 is 7.62. The molecule has 0 saturated carbocycles. The zero-order chi connectivity index (χ0) is 28.1. The van der Waals surface area contributed by atoms with Gasteiger partial charge < -0.3 is 14.7 Å². The Morgan fingerprint density at radius 2 is 1.77 bits per heavy atom. The van der Waals surface area contributed by atoms with Gasteiger partial charge in [-0.05, 0) is 61.2 Å². The van der Waals surface area contributed by atoms with Crippen LogP contribution >= 0.6 is 39.0 Å². The molecule has 9 nitrogen and oxygen atoms in total. The standard InChI is InChI=1S/C28H26BrN3O6S2/c1-38-19-13-15(5-10-18(19)33)21-22-23(26(36)32(25(22)35)17-8-6-16(29)7-9-17)39-27-24(21)40-28(37)31(27)14-20(34)30-11-3-2-4-12-30/h5-10,13,21-23,33H,2-4,11-12,14H2,1H3. The first kappa shape index (κ1) is 27.1. The average molecular weight is 645 g/mol. The Hall–Kier alpha value is -3.09. The predicted molar refractivity (Wildman–Crippen MR) is 155 cm³/mol. The molecule has 0 aliphatic carbocycles. The number of thiazole rings is 1. The third kappa shape index (κ3) is 4.55. The van der Waals surface area contributed by atoms with Gasteiger partial charge in [0.1, 0.15) is 11.8 Å². The van der Waals surface area contributed by atoms with Crippen molar-refractivity contribution in [2.45, 2.75) is 42.0 Å². The Morgan fingerprint density at radius 1 is 1.05 bits per heavy atom. The SMILES string of the molecule is COc1cc(C2c3sc(=O)n(CC(=O)N4CCCCC4)c3SC3C(=O)N(c4ccc(Br)cc4)C(=O)C32)ccc1O. The summed E-state index contributed by atoms with van der Waals surface area (Å²) in [5.74, 6) is -2.11. The molecule has 3 unspecified atom stereocenters. The molecule has 3 amide bonds. The number of rotatable bonds is 5. The first-order valence-corrected chi connectivity index (χ1v) is 15.5. The number of likely N-dealkylation sites (tertiary alicyclic amines) is 1. The Kier molecular flexibility index (Phi) is 7.26. The second-order valence-corrected chi connectivity index (χ2v) is 13.1. The van der Waals surface area contributed by atoms with Crippen LogP contribution in [0.1, 0.15) is 35.6 Å². The van der Waals surface area contributed by atoms with Crippen LogP contribution in [0.3, 0.4) is 0 Å². The number of carbonyl (C=O) groups excluding carboxylic acids is 3. The summed E-state index contributed by atoms with van der Waals surface area (Å²) in [5, 5.41) is 9.99. The van der Waals surface area contributed by atoms with Gasteiger partial charge in [0.15, 0.2) is 11.5 Å². The molecule has 1 N–H and O–H groups in total. The van der Waals surface area contributed by atoms with Crippen molar-refractivity contribution in [1.82, 2.24) is 9.47 Å². The van der Waals surface area contributed by atoms with E-state index in [-0.39, 0.29) is 40.6 Å². The quantitative estimate of drug-likeness (QED) is 0.415. The highest BCUT2D eigenvalue weighted by Crippen LogP contribution is 2.54. The molecule has 2 fully saturated rings. The molecule has 0 bridgehead atoms. The summed E-state index contributed by atoms with van der Waals surface area (Å²) in [6.45, 7) is 1.23. The molecule has 208 valence electrons. The number of methoxy groups -OCH3 is 1. The van der Waals surface area contributed by atoms with Crippen molar-refractivity contribution in [2.75, 3.05) is 25.1 Å². The van der Waals surface area contributed by atoms with E-state index >= 15 is 0 Å². The maximum Gasteiger partial charge on any atom is 0.308 e. The Balaban J connectivity index is 1.46. The number of benzene rings is 2. The van der Waals surface area contributed by atoms with E-state index in [1.165, 1.54) is 34.4 Å². The third-order valence-electron chi connectivity index (χ3n) is 7.70. The maximum absolute atomic E-state index is 14.0. The van der Waals surface area contributed by atoms with Crippen molar-refractivity contribution in [3.63, 3.8) is 0 Å². The zero-order valence-electron chi connectivity index (χ0n) is 21.5. The Morgan fingerprint density at radius 3 is 2.48 bits per heavy atom. The molecule has 12 heteroatoms. The number of carbonyl (C=O) groups is 3. The van der Waals surface area contributed by atoms with Crippen LogP contribution in [0.4, 0.5) is 5.69 Å². The fraction of sp³-hybridized carbons (Fsp3) is 0.357. The number of phenols is 1. The fourth-order valence-corrected chi connectivity index (χ4v) is 8.76. The Labute approximate surface area is 246 Å². The summed E-state index contributed by atoms with van der Waals surface area (Å²) in [4.78, 5) is 57.7. The van der Waals surface area contributed by atoms with Gasteiger partial charge >= 0.3 is 4.87 Å². The molecule has 3 aromatic rings. The largest absolute Gasteiger partial charge is 0.504 e. The van der Waals surface area contributed by atoms with Gasteiger partial charge in [0.2, 0.25) is 17.7 Å². The number of amides is 3. The van der Waals surface area contributed by atoms with Crippen LogP contribution in [-0.4, -0.2) is 57.7 Å². The van der Waals surface area contributed by atoms with Gasteiger partial charge in [-0.3, -0.25) is 23.7 Å². The van der Waals surface area contributed by atoms with E-state index in [1.54, 1.807) is 41.3 Å². The third-order valence-corrected chi connectivity index (χ3v) is 10.8. The molecule has 3 aliphatic heterocycles. The first-order chi connectivity index (χ1) is 19.3. The van der Waals surface area contributed by atoms with E-state index < -0.39 is 17.1 Å². The van der Waals surface area contributed by atoms with E-state index in [1.807, 2.05) is 0 Å². The van der Waals surface area contributed by atoms with Gasteiger partial charge in [0, 0.05) is 28.4 Å². The van der Waals surface area contributed by atoms with Gasteiger partial charge in [0.05, 0.1) is 23.7 Å². The van der Waals surface area contributed by atoms with Gasteiger partial charge in [0.25, 0.3) is 0 Å². The molecule has 3 atom stereocenters. The minimum absolute atomic E-state index is 0.0589. The van der Waals surface area contributed by atoms with Crippen molar-refractivity contribution in [3.05, 3.63) is 67.0 Å². The van der Waals surface area contributed by atoms with Crippen LogP contribution in [0.15, 0.2) is 56.8 Å². The lowest BCUT2D eigenvalue weighted by Gasteiger charge is -2.31. The number of hydrogen-bond donors (Lipinski definition) is 1. The lowest BCUT2D eigenvalue weighted by molar-refractivity contribution is -0.133. The number of anilines is 1. The predicted octanol–water partition coefficient (Wildman–Crippen LogP) is 4.19. The smallest absolute Gasteiger partial charge is 0.308 e. The van der Waals surface area contributed by atoms with E-state index in [4.69, 9.17) is 4.74 Å². The maximum atomic E-state index is 14.0. The molecule has 4 heterocycles. The van der Waals surface area contributed by atoms with Crippen molar-refractivity contribution in [1.29, 1.82) is 0 Å². The van der Waals surface area contributed by atoms with Crippen LogP contribution in [-0.2, 0) is 20.9 Å². The highest BCUT2D eigenvalue weighted by molar-refractivity contribution is 9.10. The molecule has 40 heavy (non-hydrogen) atoms. The number of thioether (sulfide) groups is 1. The van der Waals surface area contributed by atoms with E-state index in [0.29, 0.717) is 34.2 Å². The number of aromatic nitrogens is 1. The number of halogens is 1. The zero-order valence-corrected chi connectivity index (χ0v) is 24.8. The van der Waals surface area contributed by atoms with Crippen molar-refractivity contribution in [2.24, 2.45) is 5.92 Å². The molecule has 2 aromatic carbocycles.